The highest BCUT2D eigenvalue weighted by molar-refractivity contribution is 5.00. The van der Waals surface area contributed by atoms with E-state index in [2.05, 4.69) is 16.1 Å². The summed E-state index contributed by atoms with van der Waals surface area (Å²) in [5, 5.41) is 13.3. The van der Waals surface area contributed by atoms with Crippen molar-refractivity contribution in [3.05, 3.63) is 18.0 Å². The average Bonchev–Trinajstić information content (AvgIpc) is 2.74. The minimum Gasteiger partial charge on any atom is -0.396 e. The molecule has 0 saturated carbocycles. The molecule has 1 N–H and O–H groups in total. The van der Waals surface area contributed by atoms with Gasteiger partial charge in [0.25, 0.3) is 0 Å². The molecule has 1 aliphatic rings. The number of likely N-dealkylation sites (tertiary alicyclic amines) is 1. The Hall–Kier alpha value is -0.870. The Balaban J connectivity index is 1.86. The lowest BCUT2D eigenvalue weighted by Crippen LogP contribution is -2.41. The summed E-state index contributed by atoms with van der Waals surface area (Å²) in [6.45, 7) is 2.58. The first-order valence-electron chi connectivity index (χ1n) is 6.63. The van der Waals surface area contributed by atoms with Crippen LogP contribution in [-0.4, -0.2) is 45.5 Å². The van der Waals surface area contributed by atoms with Crippen LogP contribution in [0.3, 0.4) is 0 Å². The third-order valence-corrected chi connectivity index (χ3v) is 3.79. The van der Waals surface area contributed by atoms with E-state index < -0.39 is 0 Å². The summed E-state index contributed by atoms with van der Waals surface area (Å²) < 4.78 is 1.95. The van der Waals surface area contributed by atoms with E-state index in [9.17, 15) is 0 Å². The first-order valence-corrected chi connectivity index (χ1v) is 6.63. The first-order chi connectivity index (χ1) is 8.31. The van der Waals surface area contributed by atoms with Crippen LogP contribution in [0.4, 0.5) is 0 Å². The molecule has 1 aromatic rings. The molecule has 4 nitrogen and oxygen atoms in total. The maximum Gasteiger partial charge on any atom is 0.0492 e. The maximum absolute atomic E-state index is 9.09. The number of aliphatic hydroxyl groups excluding tert-OH is 1. The number of rotatable bonds is 5. The van der Waals surface area contributed by atoms with E-state index in [1.165, 1.54) is 31.5 Å². The quantitative estimate of drug-likeness (QED) is 0.836. The van der Waals surface area contributed by atoms with Crippen molar-refractivity contribution in [2.45, 2.75) is 38.1 Å². The SMILES string of the molecule is Cn1nccc1CCN1CCCCC1CCO. The summed E-state index contributed by atoms with van der Waals surface area (Å²) in [4.78, 5) is 2.53. The number of aromatic nitrogens is 2. The molecule has 0 radical (unpaired) electrons. The van der Waals surface area contributed by atoms with Crippen LogP contribution >= 0.6 is 0 Å². The molecule has 1 saturated heterocycles. The zero-order chi connectivity index (χ0) is 12.1. The van der Waals surface area contributed by atoms with Crippen molar-refractivity contribution in [1.82, 2.24) is 14.7 Å². The van der Waals surface area contributed by atoms with Crippen LogP contribution in [0, 0.1) is 0 Å². The standard InChI is InChI=1S/C13H23N3O/c1-15-12(5-8-14-15)6-10-16-9-3-2-4-13(16)7-11-17/h5,8,13,17H,2-4,6-7,9-11H2,1H3. The van der Waals surface area contributed by atoms with E-state index in [1.54, 1.807) is 0 Å². The van der Waals surface area contributed by atoms with Gasteiger partial charge in [0.05, 0.1) is 0 Å². The molecule has 2 rings (SSSR count). The highest BCUT2D eigenvalue weighted by Crippen LogP contribution is 2.19. The molecule has 1 fully saturated rings. The van der Waals surface area contributed by atoms with Gasteiger partial charge in [-0.05, 0) is 31.9 Å². The fourth-order valence-electron chi connectivity index (χ4n) is 2.74. The number of aryl methyl sites for hydroxylation is 1. The molecule has 17 heavy (non-hydrogen) atoms. The Bertz CT molecular complexity index is 335. The molecule has 0 bridgehead atoms. The lowest BCUT2D eigenvalue weighted by atomic mass is 9.99. The summed E-state index contributed by atoms with van der Waals surface area (Å²) in [5.74, 6) is 0. The van der Waals surface area contributed by atoms with E-state index in [-0.39, 0.29) is 0 Å². The highest BCUT2D eigenvalue weighted by Gasteiger charge is 2.21. The van der Waals surface area contributed by atoms with E-state index in [4.69, 9.17) is 5.11 Å². The van der Waals surface area contributed by atoms with Crippen molar-refractivity contribution >= 4 is 0 Å². The van der Waals surface area contributed by atoms with Crippen molar-refractivity contribution in [2.24, 2.45) is 7.05 Å². The van der Waals surface area contributed by atoms with Crippen molar-refractivity contribution in [1.29, 1.82) is 0 Å². The van der Waals surface area contributed by atoms with Crippen LogP contribution in [0.2, 0.25) is 0 Å². The average molecular weight is 237 g/mol. The van der Waals surface area contributed by atoms with Gasteiger partial charge in [-0.25, -0.2) is 0 Å². The summed E-state index contributed by atoms with van der Waals surface area (Å²) in [6, 6.07) is 2.67. The lowest BCUT2D eigenvalue weighted by Gasteiger charge is -2.35. The molecule has 0 aromatic carbocycles. The fraction of sp³-hybridized carbons (Fsp3) is 0.769. The fourth-order valence-corrected chi connectivity index (χ4v) is 2.74. The van der Waals surface area contributed by atoms with Gasteiger partial charge in [-0.15, -0.1) is 0 Å². The van der Waals surface area contributed by atoms with Crippen LogP contribution in [0.25, 0.3) is 0 Å². The normalized spacial score (nSPS) is 21.9. The monoisotopic (exact) mass is 237 g/mol. The second-order valence-electron chi connectivity index (χ2n) is 4.89. The molecule has 1 aliphatic heterocycles. The summed E-state index contributed by atoms with van der Waals surface area (Å²) in [7, 11) is 2.00. The number of hydrogen-bond acceptors (Lipinski definition) is 3. The van der Waals surface area contributed by atoms with Gasteiger partial charge < -0.3 is 5.11 Å². The maximum atomic E-state index is 9.09. The Morgan fingerprint density at radius 2 is 2.35 bits per heavy atom. The highest BCUT2D eigenvalue weighted by atomic mass is 16.3. The predicted molar refractivity (Wildman–Crippen MR) is 67.8 cm³/mol. The third-order valence-electron chi connectivity index (χ3n) is 3.79. The Labute approximate surface area is 103 Å². The first kappa shape index (κ1) is 12.6. The molecule has 0 amide bonds. The Morgan fingerprint density at radius 1 is 1.47 bits per heavy atom. The van der Waals surface area contributed by atoms with Gasteiger partial charge in [0.2, 0.25) is 0 Å². The molecule has 1 atom stereocenters. The Kier molecular flexibility index (Phi) is 4.57. The molecule has 2 heterocycles. The van der Waals surface area contributed by atoms with E-state index in [0.717, 1.165) is 19.4 Å². The summed E-state index contributed by atoms with van der Waals surface area (Å²) in [5.41, 5.74) is 1.29. The van der Waals surface area contributed by atoms with E-state index >= 15 is 0 Å². The second kappa shape index (κ2) is 6.17. The molecule has 96 valence electrons. The molecule has 0 spiro atoms. The van der Waals surface area contributed by atoms with Crippen LogP contribution in [0.5, 0.6) is 0 Å². The minimum atomic E-state index is 0.312. The molecule has 1 aromatic heterocycles. The van der Waals surface area contributed by atoms with Crippen molar-refractivity contribution < 1.29 is 5.11 Å². The zero-order valence-electron chi connectivity index (χ0n) is 10.7. The van der Waals surface area contributed by atoms with Gasteiger partial charge in [0.1, 0.15) is 0 Å². The summed E-state index contributed by atoms with van der Waals surface area (Å²) >= 11 is 0. The third kappa shape index (κ3) is 3.30. The molecule has 1 unspecified atom stereocenters. The van der Waals surface area contributed by atoms with Crippen molar-refractivity contribution in [3.63, 3.8) is 0 Å². The van der Waals surface area contributed by atoms with Gasteiger partial charge >= 0.3 is 0 Å². The number of hydrogen-bond donors (Lipinski definition) is 1. The lowest BCUT2D eigenvalue weighted by molar-refractivity contribution is 0.120. The molecule has 0 aliphatic carbocycles. The van der Waals surface area contributed by atoms with Crippen molar-refractivity contribution in [2.75, 3.05) is 19.7 Å². The largest absolute Gasteiger partial charge is 0.396 e. The summed E-state index contributed by atoms with van der Waals surface area (Å²) in [6.07, 6.45) is 7.69. The zero-order valence-corrected chi connectivity index (χ0v) is 10.7. The van der Waals surface area contributed by atoms with Gasteiger partial charge in [-0.2, -0.15) is 5.10 Å². The van der Waals surface area contributed by atoms with E-state index in [0.29, 0.717) is 12.6 Å². The van der Waals surface area contributed by atoms with Crippen LogP contribution < -0.4 is 0 Å². The van der Waals surface area contributed by atoms with Crippen LogP contribution in [-0.2, 0) is 13.5 Å². The number of nitrogens with zero attached hydrogens (tertiary/aromatic N) is 3. The van der Waals surface area contributed by atoms with Gasteiger partial charge in [0.15, 0.2) is 0 Å². The van der Waals surface area contributed by atoms with Gasteiger partial charge in [-0.3, -0.25) is 9.58 Å². The van der Waals surface area contributed by atoms with Crippen LogP contribution in [0.15, 0.2) is 12.3 Å². The predicted octanol–water partition coefficient (Wildman–Crippen LogP) is 1.20. The van der Waals surface area contributed by atoms with E-state index in [1.807, 2.05) is 17.9 Å². The van der Waals surface area contributed by atoms with Gasteiger partial charge in [0, 0.05) is 44.6 Å². The smallest absolute Gasteiger partial charge is 0.0492 e. The van der Waals surface area contributed by atoms with Crippen molar-refractivity contribution in [3.8, 4) is 0 Å². The number of piperidine rings is 1. The van der Waals surface area contributed by atoms with Crippen LogP contribution in [0.1, 0.15) is 31.4 Å². The second-order valence-corrected chi connectivity index (χ2v) is 4.89. The van der Waals surface area contributed by atoms with Gasteiger partial charge in [-0.1, -0.05) is 6.42 Å². The number of aliphatic hydroxyl groups is 1. The molecular weight excluding hydrogens is 214 g/mol. The molecular formula is C13H23N3O. The minimum absolute atomic E-state index is 0.312. The Morgan fingerprint density at radius 3 is 3.06 bits per heavy atom. The topological polar surface area (TPSA) is 41.3 Å². The molecule has 4 heteroatoms.